The van der Waals surface area contributed by atoms with Crippen molar-refractivity contribution in [3.8, 4) is 17.1 Å². The van der Waals surface area contributed by atoms with Crippen LogP contribution >= 0.6 is 11.6 Å². The number of nitrogens with zero attached hydrogens (tertiary/aromatic N) is 4. The van der Waals surface area contributed by atoms with Gasteiger partial charge in [0.1, 0.15) is 11.6 Å². The van der Waals surface area contributed by atoms with Crippen molar-refractivity contribution in [2.24, 2.45) is 13.0 Å². The fourth-order valence-corrected chi connectivity index (χ4v) is 6.07. The number of urea groups is 1. The van der Waals surface area contributed by atoms with E-state index in [-0.39, 0.29) is 24.2 Å². The summed E-state index contributed by atoms with van der Waals surface area (Å²) in [7, 11) is 1.88. The van der Waals surface area contributed by atoms with E-state index in [1.54, 1.807) is 23.2 Å². The smallest absolute Gasteiger partial charge is 0.329 e. The maximum absolute atomic E-state index is 14.1. The van der Waals surface area contributed by atoms with E-state index in [9.17, 15) is 14.0 Å². The predicted octanol–water partition coefficient (Wildman–Crippen LogP) is 4.89. The van der Waals surface area contributed by atoms with Crippen LogP contribution in [0.25, 0.3) is 11.4 Å². The molecule has 3 amide bonds. The van der Waals surface area contributed by atoms with Crippen molar-refractivity contribution in [2.45, 2.75) is 44.9 Å². The van der Waals surface area contributed by atoms with Crippen molar-refractivity contribution < 1.29 is 18.7 Å². The zero-order chi connectivity index (χ0) is 26.4. The highest BCUT2D eigenvalue weighted by molar-refractivity contribution is 6.32. The lowest BCUT2D eigenvalue weighted by Gasteiger charge is -2.26. The van der Waals surface area contributed by atoms with Crippen molar-refractivity contribution in [2.75, 3.05) is 18.0 Å². The number of hydrogen-bond acceptors (Lipinski definition) is 5. The number of imidazole rings is 1. The third-order valence-electron chi connectivity index (χ3n) is 7.76. The number of carbonyl (C=O) groups excluding carboxylic acids is 2. The molecule has 2 aromatic carbocycles. The molecular weight excluding hydrogens is 509 g/mol. The van der Waals surface area contributed by atoms with Crippen LogP contribution in [0.3, 0.4) is 0 Å². The van der Waals surface area contributed by atoms with Gasteiger partial charge < -0.3 is 9.30 Å². The van der Waals surface area contributed by atoms with Gasteiger partial charge in [-0.25, -0.2) is 14.2 Å². The van der Waals surface area contributed by atoms with E-state index >= 15 is 0 Å². The van der Waals surface area contributed by atoms with E-state index in [2.05, 4.69) is 33.4 Å². The number of carbonyl (C=O) groups is 2. The van der Waals surface area contributed by atoms with Gasteiger partial charge in [0.25, 0.3) is 0 Å². The molecule has 1 aromatic heterocycles. The maximum Gasteiger partial charge on any atom is 0.329 e. The molecule has 3 heterocycles. The van der Waals surface area contributed by atoms with Gasteiger partial charge in [-0.05, 0) is 54.5 Å². The number of rotatable bonds is 6. The van der Waals surface area contributed by atoms with Crippen LogP contribution in [0.5, 0.6) is 5.75 Å². The van der Waals surface area contributed by atoms with Crippen LogP contribution in [0.15, 0.2) is 42.6 Å². The average molecular weight is 538 g/mol. The summed E-state index contributed by atoms with van der Waals surface area (Å²) in [5.74, 6) is 1.40. The highest BCUT2D eigenvalue weighted by Gasteiger charge is 2.31. The van der Waals surface area contributed by atoms with Gasteiger partial charge in [-0.1, -0.05) is 29.8 Å². The molecule has 2 fully saturated rings. The molecule has 0 bridgehead atoms. The van der Waals surface area contributed by atoms with Crippen LogP contribution in [0, 0.1) is 11.7 Å². The van der Waals surface area contributed by atoms with Crippen LogP contribution in [-0.2, 0) is 24.9 Å². The van der Waals surface area contributed by atoms with Crippen molar-refractivity contribution in [1.29, 1.82) is 0 Å². The lowest BCUT2D eigenvalue weighted by Crippen LogP contribution is -2.50. The van der Waals surface area contributed by atoms with Gasteiger partial charge >= 0.3 is 6.03 Å². The number of halogens is 2. The quantitative estimate of drug-likeness (QED) is 0.484. The molecule has 0 spiro atoms. The summed E-state index contributed by atoms with van der Waals surface area (Å²) < 4.78 is 22.0. The van der Waals surface area contributed by atoms with Gasteiger partial charge in [0.2, 0.25) is 5.91 Å². The Morgan fingerprint density at radius 2 is 2.00 bits per heavy atom. The number of ether oxygens (including phenoxy) is 1. The largest absolute Gasteiger partial charge is 0.486 e. The molecule has 1 saturated carbocycles. The Hall–Kier alpha value is -3.43. The Kier molecular flexibility index (Phi) is 6.57. The van der Waals surface area contributed by atoms with E-state index in [1.165, 1.54) is 17.2 Å². The van der Waals surface area contributed by atoms with Crippen LogP contribution in [0.2, 0.25) is 5.02 Å². The molecular formula is C28H29ClFN5O3. The number of fused-ring (bicyclic) bond motifs is 1. The molecule has 198 valence electrons. The first-order valence-electron chi connectivity index (χ1n) is 12.9. The molecule has 1 saturated heterocycles. The first-order chi connectivity index (χ1) is 18.4. The van der Waals surface area contributed by atoms with E-state index in [0.29, 0.717) is 23.3 Å². The van der Waals surface area contributed by atoms with Gasteiger partial charge in [-0.2, -0.15) is 0 Å². The second-order valence-corrected chi connectivity index (χ2v) is 10.8. The monoisotopic (exact) mass is 537 g/mol. The molecule has 0 radical (unpaired) electrons. The van der Waals surface area contributed by atoms with Gasteiger partial charge in [-0.15, -0.1) is 0 Å². The second kappa shape index (κ2) is 10.0. The molecule has 2 aliphatic heterocycles. The zero-order valence-electron chi connectivity index (χ0n) is 21.1. The third-order valence-corrected chi connectivity index (χ3v) is 8.06. The second-order valence-electron chi connectivity index (χ2n) is 10.4. The molecule has 1 aliphatic carbocycles. The van der Waals surface area contributed by atoms with Gasteiger partial charge in [-0.3, -0.25) is 19.9 Å². The number of para-hydroxylation sites is 1. The van der Waals surface area contributed by atoms with Gasteiger partial charge in [0, 0.05) is 45.2 Å². The van der Waals surface area contributed by atoms with E-state index in [4.69, 9.17) is 16.3 Å². The van der Waals surface area contributed by atoms with E-state index < -0.39 is 11.8 Å². The first kappa shape index (κ1) is 24.9. The topological polar surface area (TPSA) is 79.7 Å². The standard InChI is InChI=1S/C28H29ClFN5O3/c1-33-25(35-10-9-24(36)32-28(35)37)13-31-27(33)18-6-7-19-15-34(16-20(19)12-18)14-17-5-8-21(11-17)38-26-22(29)3-2-4-23(26)30/h2-4,6-7,12-13,17,21H,5,8-11,14-16H2,1H3,(H,32,36,37)/t17-,21+/m1/s1. The Labute approximate surface area is 225 Å². The summed E-state index contributed by atoms with van der Waals surface area (Å²) in [6, 6.07) is 10.6. The summed E-state index contributed by atoms with van der Waals surface area (Å²) in [4.78, 5) is 32.4. The Balaban J connectivity index is 1.09. The lowest BCUT2D eigenvalue weighted by molar-refractivity contribution is -0.120. The minimum atomic E-state index is -0.419. The zero-order valence-corrected chi connectivity index (χ0v) is 21.9. The van der Waals surface area contributed by atoms with E-state index in [1.807, 2.05) is 11.6 Å². The summed E-state index contributed by atoms with van der Waals surface area (Å²) in [5, 5.41) is 2.68. The van der Waals surface area contributed by atoms with Crippen molar-refractivity contribution in [3.05, 3.63) is 64.6 Å². The lowest BCUT2D eigenvalue weighted by atomic mass is 10.1. The number of anilines is 1. The molecule has 3 aromatic rings. The molecule has 0 unspecified atom stereocenters. The number of aromatic nitrogens is 2. The summed E-state index contributed by atoms with van der Waals surface area (Å²) in [5.41, 5.74) is 3.57. The van der Waals surface area contributed by atoms with Crippen LogP contribution in [0.4, 0.5) is 15.0 Å². The minimum Gasteiger partial charge on any atom is -0.486 e. The van der Waals surface area contributed by atoms with Crippen molar-refractivity contribution in [1.82, 2.24) is 19.8 Å². The van der Waals surface area contributed by atoms with Crippen molar-refractivity contribution >= 4 is 29.4 Å². The third kappa shape index (κ3) is 4.76. The molecule has 6 rings (SSSR count). The molecule has 1 N–H and O–H groups in total. The first-order valence-corrected chi connectivity index (χ1v) is 13.3. The molecule has 38 heavy (non-hydrogen) atoms. The van der Waals surface area contributed by atoms with Gasteiger partial charge in [0.05, 0.1) is 17.3 Å². The average Bonchev–Trinajstić information content (AvgIpc) is 3.60. The minimum absolute atomic E-state index is 0.0244. The molecule has 10 heteroatoms. The SMILES string of the molecule is Cn1c(N2CCC(=O)NC2=O)cnc1-c1ccc2c(c1)CN(C[C@@H]1CC[C@H](Oc3c(F)cccc3Cl)C1)C2. The predicted molar refractivity (Wildman–Crippen MR) is 141 cm³/mol. The summed E-state index contributed by atoms with van der Waals surface area (Å²) in [6.07, 6.45) is 4.74. The number of benzene rings is 2. The number of hydrogen-bond donors (Lipinski definition) is 1. The Morgan fingerprint density at radius 1 is 1.16 bits per heavy atom. The van der Waals surface area contributed by atoms with Crippen LogP contribution < -0.4 is 15.0 Å². The Bertz CT molecular complexity index is 1390. The number of nitrogens with one attached hydrogen (secondary N) is 1. The Morgan fingerprint density at radius 3 is 2.82 bits per heavy atom. The van der Waals surface area contributed by atoms with Crippen LogP contribution in [-0.4, -0.2) is 45.6 Å². The van der Waals surface area contributed by atoms with Crippen LogP contribution in [0.1, 0.15) is 36.8 Å². The number of imide groups is 1. The molecule has 3 aliphatic rings. The normalized spacial score (nSPS) is 21.6. The molecule has 2 atom stereocenters. The maximum atomic E-state index is 14.1. The highest BCUT2D eigenvalue weighted by Crippen LogP contribution is 2.36. The number of amides is 3. The molecule has 8 nitrogen and oxygen atoms in total. The fraction of sp³-hybridized carbons (Fsp3) is 0.393. The van der Waals surface area contributed by atoms with Gasteiger partial charge in [0.15, 0.2) is 11.6 Å². The highest BCUT2D eigenvalue weighted by atomic mass is 35.5. The fourth-order valence-electron chi connectivity index (χ4n) is 5.86. The van der Waals surface area contributed by atoms with E-state index in [0.717, 1.165) is 50.3 Å². The summed E-state index contributed by atoms with van der Waals surface area (Å²) >= 11 is 6.14. The summed E-state index contributed by atoms with van der Waals surface area (Å²) in [6.45, 7) is 3.05. The van der Waals surface area contributed by atoms with Crippen molar-refractivity contribution in [3.63, 3.8) is 0 Å².